The van der Waals surface area contributed by atoms with Gasteiger partial charge in [-0.15, -0.1) is 0 Å². The summed E-state index contributed by atoms with van der Waals surface area (Å²) in [6.07, 6.45) is 0. The zero-order valence-electron chi connectivity index (χ0n) is 7.01. The molecule has 0 fully saturated rings. The second-order valence-corrected chi connectivity index (χ2v) is 2.34. The van der Waals surface area contributed by atoms with Crippen molar-refractivity contribution in [2.45, 2.75) is 0 Å². The molecule has 0 saturated carbocycles. The van der Waals surface area contributed by atoms with E-state index < -0.39 is 5.97 Å². The summed E-state index contributed by atoms with van der Waals surface area (Å²) in [5, 5.41) is 9.01. The molecular weight excluding hydrogens is 184 g/mol. The largest absolute Gasteiger partial charge is 0.478 e. The zero-order chi connectivity index (χ0) is 10.1. The van der Waals surface area contributed by atoms with Gasteiger partial charge in [-0.2, -0.15) is 0 Å². The molecule has 68 valence electrons. The summed E-state index contributed by atoms with van der Waals surface area (Å²) in [7, 11) is 0. The van der Waals surface area contributed by atoms with E-state index in [0.29, 0.717) is 0 Å². The monoisotopic (exact) mass is 194 g/mol. The highest BCUT2D eigenvalue weighted by Gasteiger charge is 1.94. The summed E-state index contributed by atoms with van der Waals surface area (Å²) in [6, 6.07) is 12.0. The first-order chi connectivity index (χ1) is 6.18. The second kappa shape index (κ2) is 7.18. The van der Waals surface area contributed by atoms with Crippen LogP contribution in [0.2, 0.25) is 0 Å². The Labute approximate surface area is 82.5 Å². The normalized spacial score (nSPS) is 7.69. The molecule has 0 bridgehead atoms. The van der Waals surface area contributed by atoms with Gasteiger partial charge in [0.2, 0.25) is 0 Å². The van der Waals surface area contributed by atoms with Gasteiger partial charge in [0.1, 0.15) is 0 Å². The lowest BCUT2D eigenvalue weighted by atomic mass is 10.4. The molecule has 0 atom stereocenters. The molecule has 1 aromatic rings. The molecule has 13 heavy (non-hydrogen) atoms. The van der Waals surface area contributed by atoms with Crippen LogP contribution >= 0.6 is 12.2 Å². The van der Waals surface area contributed by atoms with Crippen LogP contribution in [0.4, 0.5) is 0 Å². The SMILES string of the molecule is C=C(C=S)C(=O)O.c1ccccc1. The molecule has 0 unspecified atom stereocenters. The van der Waals surface area contributed by atoms with E-state index in [1.807, 2.05) is 36.4 Å². The van der Waals surface area contributed by atoms with Crippen LogP contribution in [0.3, 0.4) is 0 Å². The van der Waals surface area contributed by atoms with E-state index in [1.165, 1.54) is 0 Å². The Morgan fingerprint density at radius 3 is 1.54 bits per heavy atom. The minimum atomic E-state index is -1.06. The molecule has 2 nitrogen and oxygen atoms in total. The number of thiocarbonyl (C=S) groups is 1. The Morgan fingerprint density at radius 1 is 1.15 bits per heavy atom. The standard InChI is InChI=1S/C6H6.C4H4O2S/c1-2-4-6-5-3-1;1-3(2-7)4(5)6/h1-6H;2H,1H2,(H,5,6). The van der Waals surface area contributed by atoms with Crippen LogP contribution < -0.4 is 0 Å². The molecule has 0 spiro atoms. The Kier molecular flexibility index (Phi) is 6.37. The van der Waals surface area contributed by atoms with Crippen LogP contribution in [0.15, 0.2) is 48.6 Å². The highest BCUT2D eigenvalue weighted by atomic mass is 32.1. The van der Waals surface area contributed by atoms with Crippen molar-refractivity contribution in [1.29, 1.82) is 0 Å². The fourth-order valence-corrected chi connectivity index (χ4v) is 0.536. The first-order valence-corrected chi connectivity index (χ1v) is 4.03. The van der Waals surface area contributed by atoms with Crippen LogP contribution in [-0.2, 0) is 4.79 Å². The molecule has 0 aliphatic rings. The fourth-order valence-electron chi connectivity index (χ4n) is 0.435. The van der Waals surface area contributed by atoms with Crippen LogP contribution in [-0.4, -0.2) is 16.4 Å². The Morgan fingerprint density at radius 2 is 1.46 bits per heavy atom. The van der Waals surface area contributed by atoms with Gasteiger partial charge in [0.25, 0.3) is 0 Å². The van der Waals surface area contributed by atoms with Gasteiger partial charge >= 0.3 is 5.97 Å². The van der Waals surface area contributed by atoms with Crippen molar-refractivity contribution in [1.82, 2.24) is 0 Å². The van der Waals surface area contributed by atoms with Crippen LogP contribution in [0.25, 0.3) is 0 Å². The van der Waals surface area contributed by atoms with Gasteiger partial charge in [-0.05, 0) is 0 Å². The minimum Gasteiger partial charge on any atom is -0.478 e. The average molecular weight is 194 g/mol. The van der Waals surface area contributed by atoms with Crippen molar-refractivity contribution in [3.8, 4) is 0 Å². The lowest BCUT2D eigenvalue weighted by Gasteiger charge is -1.81. The number of benzene rings is 1. The maximum absolute atomic E-state index is 9.73. The van der Waals surface area contributed by atoms with Crippen molar-refractivity contribution in [3.05, 3.63) is 48.6 Å². The average Bonchev–Trinajstić information content (AvgIpc) is 2.20. The van der Waals surface area contributed by atoms with E-state index in [1.54, 1.807) is 0 Å². The van der Waals surface area contributed by atoms with Gasteiger partial charge in [0, 0.05) is 5.37 Å². The molecule has 0 amide bonds. The molecule has 0 aromatic heterocycles. The van der Waals surface area contributed by atoms with Gasteiger partial charge < -0.3 is 5.11 Å². The Hall–Kier alpha value is -1.48. The maximum atomic E-state index is 9.73. The number of rotatable bonds is 2. The third-order valence-electron chi connectivity index (χ3n) is 1.08. The van der Waals surface area contributed by atoms with E-state index in [-0.39, 0.29) is 5.57 Å². The van der Waals surface area contributed by atoms with Gasteiger partial charge in [-0.25, -0.2) is 4.79 Å². The molecule has 3 heteroatoms. The maximum Gasteiger partial charge on any atom is 0.335 e. The molecule has 0 saturated heterocycles. The van der Waals surface area contributed by atoms with Crippen molar-refractivity contribution >= 4 is 23.6 Å². The molecule has 1 rings (SSSR count). The van der Waals surface area contributed by atoms with Crippen LogP contribution in [0.1, 0.15) is 0 Å². The highest BCUT2D eigenvalue weighted by Crippen LogP contribution is 1.81. The zero-order valence-corrected chi connectivity index (χ0v) is 7.83. The second-order valence-electron chi connectivity index (χ2n) is 2.10. The van der Waals surface area contributed by atoms with Crippen molar-refractivity contribution < 1.29 is 9.90 Å². The topological polar surface area (TPSA) is 37.3 Å². The number of aliphatic carboxylic acids is 1. The van der Waals surface area contributed by atoms with E-state index in [0.717, 1.165) is 5.37 Å². The van der Waals surface area contributed by atoms with E-state index in [4.69, 9.17) is 5.11 Å². The van der Waals surface area contributed by atoms with Gasteiger partial charge in [0.15, 0.2) is 0 Å². The predicted molar refractivity (Wildman–Crippen MR) is 56.9 cm³/mol. The molecule has 0 heterocycles. The first-order valence-electron chi connectivity index (χ1n) is 3.56. The summed E-state index contributed by atoms with van der Waals surface area (Å²) >= 11 is 4.25. The van der Waals surface area contributed by atoms with Crippen molar-refractivity contribution in [3.63, 3.8) is 0 Å². The highest BCUT2D eigenvalue weighted by molar-refractivity contribution is 7.79. The number of carboxylic acids is 1. The van der Waals surface area contributed by atoms with Crippen molar-refractivity contribution in [2.24, 2.45) is 0 Å². The van der Waals surface area contributed by atoms with Crippen LogP contribution in [0.5, 0.6) is 0 Å². The quantitative estimate of drug-likeness (QED) is 0.580. The smallest absolute Gasteiger partial charge is 0.335 e. The summed E-state index contributed by atoms with van der Waals surface area (Å²) in [4.78, 5) is 9.73. The molecular formula is C10H10O2S. The first kappa shape index (κ1) is 11.5. The molecule has 1 N–H and O–H groups in total. The Balaban J connectivity index is 0.000000223. The third kappa shape index (κ3) is 6.90. The van der Waals surface area contributed by atoms with E-state index in [9.17, 15) is 4.79 Å². The summed E-state index contributed by atoms with van der Waals surface area (Å²) in [5.74, 6) is -1.06. The van der Waals surface area contributed by atoms with E-state index >= 15 is 0 Å². The summed E-state index contributed by atoms with van der Waals surface area (Å²) in [6.45, 7) is 3.11. The fraction of sp³-hybridized carbons (Fsp3) is 0. The summed E-state index contributed by atoms with van der Waals surface area (Å²) in [5.41, 5.74) is -0.0463. The van der Waals surface area contributed by atoms with Gasteiger partial charge in [-0.3, -0.25) is 0 Å². The molecule has 0 aliphatic carbocycles. The number of hydrogen-bond acceptors (Lipinski definition) is 2. The third-order valence-corrected chi connectivity index (χ3v) is 1.37. The van der Waals surface area contributed by atoms with E-state index in [2.05, 4.69) is 18.8 Å². The molecule has 1 aromatic carbocycles. The van der Waals surface area contributed by atoms with Gasteiger partial charge in [-0.1, -0.05) is 55.2 Å². The lowest BCUT2D eigenvalue weighted by Crippen LogP contribution is -1.97. The van der Waals surface area contributed by atoms with Crippen molar-refractivity contribution in [2.75, 3.05) is 0 Å². The number of carbonyl (C=O) groups is 1. The van der Waals surface area contributed by atoms with Crippen LogP contribution in [0, 0.1) is 0 Å². The number of hydrogen-bond donors (Lipinski definition) is 1. The predicted octanol–water partition coefficient (Wildman–Crippen LogP) is 2.31. The summed E-state index contributed by atoms with van der Waals surface area (Å²) < 4.78 is 0. The lowest BCUT2D eigenvalue weighted by molar-refractivity contribution is -0.131. The number of carboxylic acid groups (broad SMARTS) is 1. The molecule has 0 aliphatic heterocycles. The Bertz CT molecular complexity index is 254. The van der Waals surface area contributed by atoms with Gasteiger partial charge in [0.05, 0.1) is 5.57 Å². The molecule has 0 radical (unpaired) electrons. The minimum absolute atomic E-state index is 0.0463.